The lowest BCUT2D eigenvalue weighted by molar-refractivity contribution is -0.0254. The highest BCUT2D eigenvalue weighted by Crippen LogP contribution is 2.58. The summed E-state index contributed by atoms with van der Waals surface area (Å²) in [4.78, 5) is 0. The van der Waals surface area contributed by atoms with Crippen molar-refractivity contribution in [2.24, 2.45) is 59.2 Å². The molecule has 7 aliphatic rings. The van der Waals surface area contributed by atoms with Crippen LogP contribution in [0.2, 0.25) is 0 Å². The highest BCUT2D eigenvalue weighted by Gasteiger charge is 2.50. The zero-order valence-corrected chi connectivity index (χ0v) is 27.7. The number of fused-ring (bicyclic) bond motifs is 2. The van der Waals surface area contributed by atoms with E-state index in [-0.39, 0.29) is 0 Å². The molecule has 0 heteroatoms. The van der Waals surface area contributed by atoms with Crippen molar-refractivity contribution in [3.63, 3.8) is 0 Å². The van der Waals surface area contributed by atoms with Crippen LogP contribution in [-0.2, 0) is 0 Å². The average Bonchev–Trinajstić information content (AvgIpc) is 3.08. The second-order valence-electron chi connectivity index (χ2n) is 17.1. The average molecular weight is 573 g/mol. The molecule has 0 aromatic heterocycles. The minimum absolute atomic E-state index is 0.928. The summed E-state index contributed by atoms with van der Waals surface area (Å²) in [6, 6.07) is 0. The van der Waals surface area contributed by atoms with Crippen molar-refractivity contribution in [1.82, 2.24) is 0 Å². The Bertz CT molecular complexity index is 745. The van der Waals surface area contributed by atoms with Gasteiger partial charge in [-0.3, -0.25) is 0 Å². The van der Waals surface area contributed by atoms with Gasteiger partial charge in [0.25, 0.3) is 0 Å². The van der Waals surface area contributed by atoms with Crippen LogP contribution in [0, 0.1) is 59.2 Å². The molecule has 236 valence electrons. The van der Waals surface area contributed by atoms with Gasteiger partial charge in [0.05, 0.1) is 0 Å². The van der Waals surface area contributed by atoms with Crippen molar-refractivity contribution in [3.05, 3.63) is 23.3 Å². The molecule has 0 saturated heterocycles. The molecule has 42 heavy (non-hydrogen) atoms. The molecule has 0 amide bonds. The van der Waals surface area contributed by atoms with Crippen LogP contribution in [0.25, 0.3) is 0 Å². The molecule has 7 saturated carbocycles. The fourth-order valence-electron chi connectivity index (χ4n) is 12.8. The molecule has 0 radical (unpaired) electrons. The first kappa shape index (κ1) is 30.2. The van der Waals surface area contributed by atoms with E-state index in [0.29, 0.717) is 0 Å². The molecule has 0 heterocycles. The number of hydrogen-bond acceptors (Lipinski definition) is 0. The van der Waals surface area contributed by atoms with E-state index in [1.54, 1.807) is 25.7 Å². The van der Waals surface area contributed by atoms with Crippen LogP contribution in [0.3, 0.4) is 0 Å². The Morgan fingerprint density at radius 1 is 0.262 bits per heavy atom. The molecular formula is C42H68. The summed E-state index contributed by atoms with van der Waals surface area (Å²) in [6.07, 6.45) is 48.9. The summed E-state index contributed by atoms with van der Waals surface area (Å²) in [7, 11) is 0. The third-order valence-corrected chi connectivity index (χ3v) is 14.8. The van der Waals surface area contributed by atoms with E-state index in [9.17, 15) is 0 Å². The minimum Gasteiger partial charge on any atom is -0.0811 e. The minimum atomic E-state index is 0.928. The standard InChI is InChI=1S/C42H68/c1-5-17-31(18-6-1)39(32-19-7-2-8-20-32)29-41-35-25-13-15-27-37(35)42(38-28-16-14-26-36(38)41)30-40(33-21-9-3-10-22-33)34-23-11-4-12-24-34/h29-38,41-42H,1-28H2. The first-order valence-electron chi connectivity index (χ1n) is 20.3. The predicted molar refractivity (Wildman–Crippen MR) is 180 cm³/mol. The molecule has 7 fully saturated rings. The maximum absolute atomic E-state index is 3.14. The van der Waals surface area contributed by atoms with Crippen LogP contribution in [0.5, 0.6) is 0 Å². The summed E-state index contributed by atoms with van der Waals surface area (Å²) < 4.78 is 0. The zero-order chi connectivity index (χ0) is 28.1. The summed E-state index contributed by atoms with van der Waals surface area (Å²) in [5.41, 5.74) is 4.10. The number of allylic oxidation sites excluding steroid dienone is 4. The predicted octanol–water partition coefficient (Wildman–Crippen LogP) is 13.0. The maximum Gasteiger partial charge on any atom is -0.0168 e. The molecule has 7 aliphatic carbocycles. The maximum atomic E-state index is 3.14. The molecule has 4 unspecified atom stereocenters. The normalized spacial score (nSPS) is 37.8. The van der Waals surface area contributed by atoms with Crippen LogP contribution < -0.4 is 0 Å². The number of hydrogen-bond donors (Lipinski definition) is 0. The van der Waals surface area contributed by atoms with Gasteiger partial charge >= 0.3 is 0 Å². The van der Waals surface area contributed by atoms with Crippen molar-refractivity contribution in [1.29, 1.82) is 0 Å². The SMILES string of the molecule is C(=C(C1CCCCC1)C1CCCCC1)C1C2CCCCC2C(C=C(C2CCCCC2)C2CCCCC2)C2CCCCC12. The summed E-state index contributed by atoms with van der Waals surface area (Å²) in [5, 5.41) is 0. The van der Waals surface area contributed by atoms with Crippen molar-refractivity contribution in [2.45, 2.75) is 180 Å². The van der Waals surface area contributed by atoms with Crippen molar-refractivity contribution < 1.29 is 0 Å². The van der Waals surface area contributed by atoms with Crippen LogP contribution >= 0.6 is 0 Å². The fraction of sp³-hybridized carbons (Fsp3) is 0.905. The highest BCUT2D eigenvalue weighted by atomic mass is 14.5. The highest BCUT2D eigenvalue weighted by molar-refractivity contribution is 5.22. The van der Waals surface area contributed by atoms with E-state index < -0.39 is 0 Å². The molecule has 7 rings (SSSR count). The molecule has 4 atom stereocenters. The second kappa shape index (κ2) is 14.7. The van der Waals surface area contributed by atoms with Crippen LogP contribution in [0.4, 0.5) is 0 Å². The van der Waals surface area contributed by atoms with Gasteiger partial charge in [-0.15, -0.1) is 0 Å². The molecule has 0 aliphatic heterocycles. The number of rotatable bonds is 6. The molecule has 0 aromatic carbocycles. The van der Waals surface area contributed by atoms with Gasteiger partial charge in [0.15, 0.2) is 0 Å². The van der Waals surface area contributed by atoms with E-state index in [2.05, 4.69) is 12.2 Å². The van der Waals surface area contributed by atoms with Gasteiger partial charge in [0.1, 0.15) is 0 Å². The van der Waals surface area contributed by atoms with Crippen molar-refractivity contribution in [2.75, 3.05) is 0 Å². The monoisotopic (exact) mass is 573 g/mol. The molecular weight excluding hydrogens is 504 g/mol. The van der Waals surface area contributed by atoms with E-state index >= 15 is 0 Å². The van der Waals surface area contributed by atoms with Crippen LogP contribution in [-0.4, -0.2) is 0 Å². The lowest BCUT2D eigenvalue weighted by Gasteiger charge is -2.55. The Hall–Kier alpha value is -0.520. The molecule has 0 bridgehead atoms. The van der Waals surface area contributed by atoms with E-state index in [1.165, 1.54) is 154 Å². The molecule has 0 aromatic rings. The van der Waals surface area contributed by atoms with Gasteiger partial charge < -0.3 is 0 Å². The quantitative estimate of drug-likeness (QED) is 0.278. The van der Waals surface area contributed by atoms with E-state index in [4.69, 9.17) is 0 Å². The topological polar surface area (TPSA) is 0 Å². The Labute approximate surface area is 261 Å². The first-order valence-corrected chi connectivity index (χ1v) is 20.3. The van der Waals surface area contributed by atoms with E-state index in [1.807, 2.05) is 11.1 Å². The molecule has 0 N–H and O–H groups in total. The Morgan fingerprint density at radius 2 is 0.476 bits per heavy atom. The van der Waals surface area contributed by atoms with Gasteiger partial charge in [-0.05, 0) is 136 Å². The van der Waals surface area contributed by atoms with Gasteiger partial charge in [0, 0.05) is 0 Å². The smallest absolute Gasteiger partial charge is 0.0168 e. The summed E-state index contributed by atoms with van der Waals surface area (Å²) >= 11 is 0. The van der Waals surface area contributed by atoms with Crippen molar-refractivity contribution in [3.8, 4) is 0 Å². The van der Waals surface area contributed by atoms with Gasteiger partial charge in [-0.1, -0.05) is 126 Å². The molecule has 0 nitrogen and oxygen atoms in total. The first-order chi connectivity index (χ1) is 20.9. The van der Waals surface area contributed by atoms with Crippen LogP contribution in [0.15, 0.2) is 23.3 Å². The van der Waals surface area contributed by atoms with E-state index in [0.717, 1.165) is 59.2 Å². The summed E-state index contributed by atoms with van der Waals surface area (Å²) in [6.45, 7) is 0. The van der Waals surface area contributed by atoms with Gasteiger partial charge in [-0.25, -0.2) is 0 Å². The second-order valence-corrected chi connectivity index (χ2v) is 17.1. The lowest BCUT2D eigenvalue weighted by atomic mass is 9.49. The van der Waals surface area contributed by atoms with Gasteiger partial charge in [0.2, 0.25) is 0 Å². The van der Waals surface area contributed by atoms with Crippen molar-refractivity contribution >= 4 is 0 Å². The fourth-order valence-corrected chi connectivity index (χ4v) is 12.8. The van der Waals surface area contributed by atoms with Crippen LogP contribution in [0.1, 0.15) is 180 Å². The Kier molecular flexibility index (Phi) is 10.6. The lowest BCUT2D eigenvalue weighted by Crippen LogP contribution is -2.48. The Balaban J connectivity index is 1.24. The Morgan fingerprint density at radius 3 is 0.714 bits per heavy atom. The zero-order valence-electron chi connectivity index (χ0n) is 27.7. The third kappa shape index (κ3) is 6.69. The summed E-state index contributed by atoms with van der Waals surface area (Å²) in [5.74, 6) is 9.66. The largest absolute Gasteiger partial charge is 0.0811 e. The van der Waals surface area contributed by atoms with Gasteiger partial charge in [-0.2, -0.15) is 0 Å². The third-order valence-electron chi connectivity index (χ3n) is 14.8. The molecule has 0 spiro atoms.